The number of unbranched alkanes of at least 4 members (excludes halogenated alkanes) is 6. The van der Waals surface area contributed by atoms with Gasteiger partial charge in [0, 0.05) is 6.54 Å². The maximum Gasteiger partial charge on any atom is 0.000966 e. The maximum atomic E-state index is 2.84. The fourth-order valence-electron chi connectivity index (χ4n) is 6.10. The van der Waals surface area contributed by atoms with E-state index in [2.05, 4.69) is 39.5 Å². The van der Waals surface area contributed by atoms with Gasteiger partial charge in [0.05, 0.1) is 0 Å². The van der Waals surface area contributed by atoms with Crippen LogP contribution in [0.25, 0.3) is 0 Å². The second kappa shape index (κ2) is 18.4. The van der Waals surface area contributed by atoms with Crippen LogP contribution in [0.1, 0.15) is 157 Å². The van der Waals surface area contributed by atoms with Gasteiger partial charge in [0.25, 0.3) is 0 Å². The van der Waals surface area contributed by atoms with Crippen LogP contribution in [0.2, 0.25) is 0 Å². The summed E-state index contributed by atoms with van der Waals surface area (Å²) in [6, 6.07) is 0. The number of hydrogen-bond acceptors (Lipinski definition) is 1. The van der Waals surface area contributed by atoms with Gasteiger partial charge >= 0.3 is 0 Å². The monoisotopic (exact) mass is 435 g/mol. The van der Waals surface area contributed by atoms with Crippen molar-refractivity contribution in [2.24, 2.45) is 17.3 Å². The largest absolute Gasteiger partial charge is 0.303 e. The van der Waals surface area contributed by atoms with Crippen molar-refractivity contribution in [1.82, 2.24) is 4.90 Å². The first-order valence-electron chi connectivity index (χ1n) is 14.8. The molecule has 186 valence electrons. The second-order valence-corrected chi connectivity index (χ2v) is 11.5. The third-order valence-corrected chi connectivity index (χ3v) is 8.29. The Morgan fingerprint density at radius 1 is 0.677 bits per heavy atom. The smallest absolute Gasteiger partial charge is 0.000966 e. The topological polar surface area (TPSA) is 3.24 Å². The zero-order valence-corrected chi connectivity index (χ0v) is 22.7. The van der Waals surface area contributed by atoms with Crippen molar-refractivity contribution >= 4 is 0 Å². The van der Waals surface area contributed by atoms with Gasteiger partial charge in [-0.3, -0.25) is 0 Å². The zero-order valence-electron chi connectivity index (χ0n) is 22.7. The van der Waals surface area contributed by atoms with Gasteiger partial charge in [0.15, 0.2) is 0 Å². The van der Waals surface area contributed by atoms with Gasteiger partial charge in [0.2, 0.25) is 0 Å². The highest BCUT2D eigenvalue weighted by Gasteiger charge is 2.25. The van der Waals surface area contributed by atoms with E-state index in [9.17, 15) is 0 Å². The molecule has 0 aliphatic carbocycles. The fourth-order valence-corrected chi connectivity index (χ4v) is 6.10. The molecule has 1 saturated heterocycles. The van der Waals surface area contributed by atoms with Crippen molar-refractivity contribution in [2.75, 3.05) is 19.6 Å². The van der Waals surface area contributed by atoms with Crippen LogP contribution < -0.4 is 0 Å². The van der Waals surface area contributed by atoms with Crippen LogP contribution in [-0.4, -0.2) is 24.5 Å². The van der Waals surface area contributed by atoms with Crippen LogP contribution in [0.4, 0.5) is 0 Å². The van der Waals surface area contributed by atoms with Crippen LogP contribution in [0.5, 0.6) is 0 Å². The van der Waals surface area contributed by atoms with Gasteiger partial charge < -0.3 is 4.90 Å². The van der Waals surface area contributed by atoms with Crippen molar-refractivity contribution in [1.29, 1.82) is 0 Å². The molecule has 0 N–H and O–H groups in total. The minimum Gasteiger partial charge on any atom is -0.303 e. The Labute approximate surface area is 198 Å². The molecule has 1 aliphatic rings. The second-order valence-electron chi connectivity index (χ2n) is 11.5. The Morgan fingerprint density at radius 2 is 1.29 bits per heavy atom. The van der Waals surface area contributed by atoms with Gasteiger partial charge in [0.1, 0.15) is 0 Å². The van der Waals surface area contributed by atoms with Crippen LogP contribution in [0, 0.1) is 17.3 Å². The molecule has 0 saturated carbocycles. The molecule has 1 heterocycles. The van der Waals surface area contributed by atoms with Crippen LogP contribution in [0.15, 0.2) is 0 Å². The first kappa shape index (κ1) is 29.0. The highest BCUT2D eigenvalue weighted by atomic mass is 15.1. The van der Waals surface area contributed by atoms with Gasteiger partial charge in [-0.25, -0.2) is 0 Å². The minimum atomic E-state index is 0.620. The van der Waals surface area contributed by atoms with Gasteiger partial charge in [-0.2, -0.15) is 0 Å². The van der Waals surface area contributed by atoms with Crippen LogP contribution in [-0.2, 0) is 0 Å². The standard InChI is InChI=1S/C30H61N/c1-6-10-13-14-18-29(17-12-8-3)27-31-25-20-28(21-26-31)19-16-24-30(5,22-9-4)23-15-11-7-2/h28-29H,6-27H2,1-5H3. The molecule has 0 aromatic heterocycles. The number of nitrogens with zero attached hydrogens (tertiary/aromatic N) is 1. The molecule has 1 heteroatoms. The van der Waals surface area contributed by atoms with Crippen molar-refractivity contribution in [2.45, 2.75) is 157 Å². The molecule has 1 nitrogen and oxygen atoms in total. The summed E-state index contributed by atoms with van der Waals surface area (Å²) in [5.74, 6) is 1.97. The predicted octanol–water partition coefficient (Wildman–Crippen LogP) is 10.0. The Bertz CT molecular complexity index is 384. The fraction of sp³-hybridized carbons (Fsp3) is 1.00. The Kier molecular flexibility index (Phi) is 17.2. The Balaban J connectivity index is 2.30. The summed E-state index contributed by atoms with van der Waals surface area (Å²) in [6.07, 6.45) is 27.3. The van der Waals surface area contributed by atoms with Gasteiger partial charge in [-0.15, -0.1) is 0 Å². The quantitative estimate of drug-likeness (QED) is 0.172. The lowest BCUT2D eigenvalue weighted by Gasteiger charge is -2.35. The molecule has 1 fully saturated rings. The summed E-state index contributed by atoms with van der Waals surface area (Å²) in [5, 5.41) is 0. The van der Waals surface area contributed by atoms with E-state index in [4.69, 9.17) is 0 Å². The lowest BCUT2D eigenvalue weighted by atomic mass is 9.75. The molecule has 0 aromatic carbocycles. The van der Waals surface area contributed by atoms with E-state index in [1.54, 1.807) is 0 Å². The number of piperidine rings is 1. The molecular weight excluding hydrogens is 374 g/mol. The molecule has 31 heavy (non-hydrogen) atoms. The molecule has 0 bridgehead atoms. The first-order valence-corrected chi connectivity index (χ1v) is 14.8. The maximum absolute atomic E-state index is 2.84. The Hall–Kier alpha value is -0.0400. The van der Waals surface area contributed by atoms with Crippen molar-refractivity contribution < 1.29 is 0 Å². The highest BCUT2D eigenvalue weighted by Crippen LogP contribution is 2.37. The van der Waals surface area contributed by atoms with E-state index in [0.29, 0.717) is 5.41 Å². The summed E-state index contributed by atoms with van der Waals surface area (Å²) in [7, 11) is 0. The van der Waals surface area contributed by atoms with Crippen molar-refractivity contribution in [3.05, 3.63) is 0 Å². The summed E-state index contributed by atoms with van der Waals surface area (Å²) in [5.41, 5.74) is 0.620. The predicted molar refractivity (Wildman–Crippen MR) is 142 cm³/mol. The van der Waals surface area contributed by atoms with Gasteiger partial charge in [-0.05, 0) is 75.3 Å². The Morgan fingerprint density at radius 3 is 1.94 bits per heavy atom. The number of hydrogen-bond donors (Lipinski definition) is 0. The first-order chi connectivity index (χ1) is 15.1. The molecule has 1 aliphatic heterocycles. The van der Waals surface area contributed by atoms with Crippen molar-refractivity contribution in [3.8, 4) is 0 Å². The summed E-state index contributed by atoms with van der Waals surface area (Å²) < 4.78 is 0. The third kappa shape index (κ3) is 14.0. The van der Waals surface area contributed by atoms with Crippen LogP contribution >= 0.6 is 0 Å². The van der Waals surface area contributed by atoms with E-state index >= 15 is 0 Å². The van der Waals surface area contributed by atoms with Crippen LogP contribution in [0.3, 0.4) is 0 Å². The van der Waals surface area contributed by atoms with Gasteiger partial charge in [-0.1, -0.05) is 112 Å². The molecule has 0 spiro atoms. The molecule has 0 radical (unpaired) electrons. The SMILES string of the molecule is CCCCCCC(CCCC)CN1CCC(CCCC(C)(CCC)CCCCC)CC1. The summed E-state index contributed by atoms with van der Waals surface area (Å²) in [6.45, 7) is 16.1. The average Bonchev–Trinajstić information content (AvgIpc) is 2.76. The van der Waals surface area contributed by atoms with E-state index < -0.39 is 0 Å². The van der Waals surface area contributed by atoms with Crippen molar-refractivity contribution in [3.63, 3.8) is 0 Å². The summed E-state index contributed by atoms with van der Waals surface area (Å²) in [4.78, 5) is 2.84. The lowest BCUT2D eigenvalue weighted by Crippen LogP contribution is -2.37. The van der Waals surface area contributed by atoms with E-state index in [0.717, 1.165) is 11.8 Å². The van der Waals surface area contributed by atoms with E-state index in [-0.39, 0.29) is 0 Å². The third-order valence-electron chi connectivity index (χ3n) is 8.29. The average molecular weight is 436 g/mol. The number of rotatable bonds is 20. The summed E-state index contributed by atoms with van der Waals surface area (Å²) >= 11 is 0. The highest BCUT2D eigenvalue weighted by molar-refractivity contribution is 4.78. The molecule has 2 atom stereocenters. The molecular formula is C30H61N. The minimum absolute atomic E-state index is 0.620. The molecule has 2 unspecified atom stereocenters. The number of likely N-dealkylation sites (tertiary alicyclic amines) is 1. The molecule has 0 aromatic rings. The zero-order chi connectivity index (χ0) is 22.8. The normalized spacial score (nSPS) is 18.9. The lowest BCUT2D eigenvalue weighted by molar-refractivity contribution is 0.142. The molecule has 0 amide bonds. The molecule has 1 rings (SSSR count). The van der Waals surface area contributed by atoms with E-state index in [1.165, 1.54) is 142 Å². The van der Waals surface area contributed by atoms with E-state index in [1.807, 2.05) is 0 Å².